The maximum absolute atomic E-state index is 13.5. The molecule has 1 amide bonds. The van der Waals surface area contributed by atoms with Crippen molar-refractivity contribution in [3.8, 4) is 11.5 Å². The molecule has 142 valence electrons. The molecular weight excluding hydrogens is 357 g/mol. The van der Waals surface area contributed by atoms with Gasteiger partial charge in [0.1, 0.15) is 5.82 Å². The second-order valence-corrected chi connectivity index (χ2v) is 6.64. The third kappa shape index (κ3) is 3.09. The molecule has 0 saturated heterocycles. The molecule has 0 bridgehead atoms. The fourth-order valence-electron chi connectivity index (χ4n) is 3.73. The lowest BCUT2D eigenvalue weighted by molar-refractivity contribution is -0.118. The van der Waals surface area contributed by atoms with Gasteiger partial charge in [-0.05, 0) is 53.1 Å². The first-order valence-electron chi connectivity index (χ1n) is 8.99. The van der Waals surface area contributed by atoms with Crippen molar-refractivity contribution >= 4 is 11.6 Å². The van der Waals surface area contributed by atoms with Crippen LogP contribution in [0.5, 0.6) is 11.5 Å². The minimum atomic E-state index is -0.390. The van der Waals surface area contributed by atoms with Crippen molar-refractivity contribution in [2.75, 3.05) is 19.1 Å². The van der Waals surface area contributed by atoms with Gasteiger partial charge in [-0.3, -0.25) is 4.79 Å². The summed E-state index contributed by atoms with van der Waals surface area (Å²) in [5.41, 5.74) is 3.44. The summed E-state index contributed by atoms with van der Waals surface area (Å²) in [4.78, 5) is 14.9. The topological polar surface area (TPSA) is 38.8 Å². The number of para-hydroxylation sites is 1. The van der Waals surface area contributed by atoms with E-state index < -0.39 is 0 Å². The van der Waals surface area contributed by atoms with Crippen LogP contribution < -0.4 is 14.4 Å². The Morgan fingerprint density at radius 2 is 1.57 bits per heavy atom. The highest BCUT2D eigenvalue weighted by Crippen LogP contribution is 2.43. The molecule has 1 aliphatic rings. The van der Waals surface area contributed by atoms with Crippen LogP contribution in [0, 0.1) is 5.82 Å². The summed E-state index contributed by atoms with van der Waals surface area (Å²) < 4.78 is 24.4. The Balaban J connectivity index is 1.94. The van der Waals surface area contributed by atoms with Gasteiger partial charge in [0.25, 0.3) is 0 Å². The number of carbonyl (C=O) groups excluding carboxylic acids is 1. The van der Waals surface area contributed by atoms with Crippen LogP contribution in [-0.4, -0.2) is 20.1 Å². The van der Waals surface area contributed by atoms with Crippen LogP contribution in [0.4, 0.5) is 10.1 Å². The van der Waals surface area contributed by atoms with Gasteiger partial charge in [0.15, 0.2) is 11.5 Å². The Labute approximate surface area is 163 Å². The number of carbonyl (C=O) groups is 1. The Kier molecular flexibility index (Phi) is 4.74. The average molecular weight is 377 g/mol. The summed E-state index contributed by atoms with van der Waals surface area (Å²) in [5, 5.41) is 0. The van der Waals surface area contributed by atoms with E-state index in [9.17, 15) is 9.18 Å². The molecule has 0 spiro atoms. The number of benzene rings is 3. The summed E-state index contributed by atoms with van der Waals surface area (Å²) in [5.74, 6) is 0.834. The smallest absolute Gasteiger partial charge is 0.232 e. The number of anilines is 1. The maximum atomic E-state index is 13.5. The number of hydrogen-bond donors (Lipinski definition) is 0. The van der Waals surface area contributed by atoms with Gasteiger partial charge in [-0.15, -0.1) is 0 Å². The number of amides is 1. The molecule has 4 nitrogen and oxygen atoms in total. The molecule has 1 heterocycles. The van der Waals surface area contributed by atoms with E-state index in [0.29, 0.717) is 11.5 Å². The Morgan fingerprint density at radius 1 is 0.929 bits per heavy atom. The normalized spacial score (nSPS) is 15.9. The standard InChI is InChI=1S/C23H20FNO3/c1-27-20-12-16-13-22(26)25(18-6-4-3-5-7-18)23(19(16)14-21(20)28-2)15-8-10-17(24)11-9-15/h3-12,14,23H,13H2,1-2H3/t23-/m1/s1. The zero-order valence-electron chi connectivity index (χ0n) is 15.7. The molecule has 4 rings (SSSR count). The summed E-state index contributed by atoms with van der Waals surface area (Å²) >= 11 is 0. The van der Waals surface area contributed by atoms with Crippen molar-refractivity contribution < 1.29 is 18.7 Å². The Morgan fingerprint density at radius 3 is 2.21 bits per heavy atom. The second kappa shape index (κ2) is 7.35. The van der Waals surface area contributed by atoms with Crippen LogP contribution in [0.1, 0.15) is 22.7 Å². The predicted molar refractivity (Wildman–Crippen MR) is 105 cm³/mol. The van der Waals surface area contributed by atoms with Crippen LogP contribution in [0.3, 0.4) is 0 Å². The molecule has 5 heteroatoms. The summed E-state index contributed by atoms with van der Waals surface area (Å²) in [7, 11) is 3.16. The van der Waals surface area contributed by atoms with Crippen molar-refractivity contribution in [1.29, 1.82) is 0 Å². The van der Waals surface area contributed by atoms with Crippen LogP contribution >= 0.6 is 0 Å². The molecule has 0 aliphatic carbocycles. The number of nitrogens with zero attached hydrogens (tertiary/aromatic N) is 1. The van der Waals surface area contributed by atoms with Crippen molar-refractivity contribution in [3.05, 3.63) is 89.2 Å². The molecule has 3 aromatic carbocycles. The largest absolute Gasteiger partial charge is 0.493 e. The van der Waals surface area contributed by atoms with Gasteiger partial charge < -0.3 is 14.4 Å². The number of hydrogen-bond acceptors (Lipinski definition) is 3. The van der Waals surface area contributed by atoms with E-state index in [0.717, 1.165) is 22.4 Å². The van der Waals surface area contributed by atoms with Crippen LogP contribution in [0.25, 0.3) is 0 Å². The molecule has 28 heavy (non-hydrogen) atoms. The predicted octanol–water partition coefficient (Wildman–Crippen LogP) is 4.52. The van der Waals surface area contributed by atoms with E-state index in [-0.39, 0.29) is 24.2 Å². The minimum Gasteiger partial charge on any atom is -0.493 e. The highest BCUT2D eigenvalue weighted by molar-refractivity contribution is 5.98. The van der Waals surface area contributed by atoms with Gasteiger partial charge >= 0.3 is 0 Å². The van der Waals surface area contributed by atoms with E-state index in [1.165, 1.54) is 12.1 Å². The first-order chi connectivity index (χ1) is 13.6. The molecule has 1 aliphatic heterocycles. The lowest BCUT2D eigenvalue weighted by atomic mass is 9.87. The lowest BCUT2D eigenvalue weighted by Crippen LogP contribution is -2.41. The molecule has 0 saturated carbocycles. The van der Waals surface area contributed by atoms with E-state index >= 15 is 0 Å². The van der Waals surface area contributed by atoms with Gasteiger partial charge in [-0.1, -0.05) is 30.3 Å². The summed E-state index contributed by atoms with van der Waals surface area (Å²) in [6.07, 6.45) is 0.252. The van der Waals surface area contributed by atoms with Gasteiger partial charge in [0.2, 0.25) is 5.91 Å². The fraction of sp³-hybridized carbons (Fsp3) is 0.174. The van der Waals surface area contributed by atoms with Crippen LogP contribution in [0.15, 0.2) is 66.7 Å². The number of ether oxygens (including phenoxy) is 2. The third-order valence-electron chi connectivity index (χ3n) is 5.03. The molecular formula is C23H20FNO3. The SMILES string of the molecule is COc1cc2c(cc1OC)[C@@H](c1ccc(F)cc1)N(c1ccccc1)C(=O)C2. The van der Waals surface area contributed by atoms with E-state index in [2.05, 4.69) is 0 Å². The zero-order chi connectivity index (χ0) is 19.7. The Bertz CT molecular complexity index is 1000. The second-order valence-electron chi connectivity index (χ2n) is 6.64. The van der Waals surface area contributed by atoms with Gasteiger partial charge in [0, 0.05) is 5.69 Å². The van der Waals surface area contributed by atoms with E-state index in [1.807, 2.05) is 42.5 Å². The zero-order valence-corrected chi connectivity index (χ0v) is 15.7. The van der Waals surface area contributed by atoms with Gasteiger partial charge in [0.05, 0.1) is 26.7 Å². The number of rotatable bonds is 4. The molecule has 0 radical (unpaired) electrons. The molecule has 1 atom stereocenters. The van der Waals surface area contributed by atoms with E-state index in [4.69, 9.17) is 9.47 Å². The monoisotopic (exact) mass is 377 g/mol. The van der Waals surface area contributed by atoms with Gasteiger partial charge in [-0.25, -0.2) is 4.39 Å². The first kappa shape index (κ1) is 18.0. The maximum Gasteiger partial charge on any atom is 0.232 e. The molecule has 0 aromatic heterocycles. The average Bonchev–Trinajstić information content (AvgIpc) is 2.73. The summed E-state index contributed by atoms with van der Waals surface area (Å²) in [6, 6.07) is 19.1. The van der Waals surface area contributed by atoms with Crippen molar-refractivity contribution in [2.24, 2.45) is 0 Å². The van der Waals surface area contributed by atoms with Crippen molar-refractivity contribution in [3.63, 3.8) is 0 Å². The minimum absolute atomic E-state index is 0.0276. The molecule has 0 unspecified atom stereocenters. The molecule has 0 fully saturated rings. The summed E-state index contributed by atoms with van der Waals surface area (Å²) in [6.45, 7) is 0. The highest BCUT2D eigenvalue weighted by Gasteiger charge is 2.35. The quantitative estimate of drug-likeness (QED) is 0.671. The highest BCUT2D eigenvalue weighted by atomic mass is 19.1. The Hall–Kier alpha value is -3.34. The van der Waals surface area contributed by atoms with Crippen LogP contribution in [-0.2, 0) is 11.2 Å². The number of methoxy groups -OCH3 is 2. The number of halogens is 1. The van der Waals surface area contributed by atoms with Crippen molar-refractivity contribution in [1.82, 2.24) is 0 Å². The van der Waals surface area contributed by atoms with Gasteiger partial charge in [-0.2, -0.15) is 0 Å². The van der Waals surface area contributed by atoms with Crippen molar-refractivity contribution in [2.45, 2.75) is 12.5 Å². The number of fused-ring (bicyclic) bond motifs is 1. The fourth-order valence-corrected chi connectivity index (χ4v) is 3.73. The first-order valence-corrected chi connectivity index (χ1v) is 8.99. The lowest BCUT2D eigenvalue weighted by Gasteiger charge is -2.38. The van der Waals surface area contributed by atoms with E-state index in [1.54, 1.807) is 31.3 Å². The molecule has 3 aromatic rings. The van der Waals surface area contributed by atoms with Crippen LogP contribution in [0.2, 0.25) is 0 Å². The molecule has 0 N–H and O–H groups in total. The third-order valence-corrected chi connectivity index (χ3v) is 5.03.